The summed E-state index contributed by atoms with van der Waals surface area (Å²) < 4.78 is 76.5. The van der Waals surface area contributed by atoms with Gasteiger partial charge in [-0.25, -0.2) is 14.2 Å². The lowest BCUT2D eigenvalue weighted by atomic mass is 9.93. The number of benzene rings is 2. The third-order valence-corrected chi connectivity index (χ3v) is 12.1. The first-order chi connectivity index (χ1) is 30.1. The SMILES string of the molecule is O=C(O)C(F)(F)F.O=C1CCC(N2C(=O)c3ccc(N4CCN(CCC5CCN(c6ncc(-c7ccc8c9cnccc9n(C(F)F)c8c7)cc6F)CC5)CC4)cc3C2=O)C(=O)N1. The second-order valence-corrected chi connectivity index (χ2v) is 15.8. The van der Waals surface area contributed by atoms with Gasteiger partial charge in [-0.3, -0.25) is 43.8 Å². The monoisotopic (exact) mass is 878 g/mol. The summed E-state index contributed by atoms with van der Waals surface area (Å²) in [4.78, 5) is 75.5. The molecule has 0 saturated carbocycles. The third kappa shape index (κ3) is 8.63. The van der Waals surface area contributed by atoms with Gasteiger partial charge in [0.2, 0.25) is 11.8 Å². The summed E-state index contributed by atoms with van der Waals surface area (Å²) in [6, 6.07) is 12.5. The van der Waals surface area contributed by atoms with Crippen molar-refractivity contribution in [1.29, 1.82) is 0 Å². The van der Waals surface area contributed by atoms with Gasteiger partial charge < -0.3 is 14.9 Å². The highest BCUT2D eigenvalue weighted by Crippen LogP contribution is 2.36. The number of nitrogens with one attached hydrogen (secondary N) is 1. The number of aromatic nitrogens is 3. The molecule has 1 atom stereocenters. The Morgan fingerprint density at radius 1 is 0.810 bits per heavy atom. The van der Waals surface area contributed by atoms with Gasteiger partial charge in [0.15, 0.2) is 11.6 Å². The first-order valence-corrected chi connectivity index (χ1v) is 20.3. The summed E-state index contributed by atoms with van der Waals surface area (Å²) in [7, 11) is 0. The summed E-state index contributed by atoms with van der Waals surface area (Å²) in [5, 5.41) is 10.6. The summed E-state index contributed by atoms with van der Waals surface area (Å²) in [5.74, 6) is -4.44. The molecule has 0 radical (unpaired) electrons. The number of alkyl halides is 5. The molecule has 3 aromatic heterocycles. The van der Waals surface area contributed by atoms with Crippen molar-refractivity contribution in [3.63, 3.8) is 0 Å². The molecule has 4 amide bonds. The highest BCUT2D eigenvalue weighted by molar-refractivity contribution is 6.23. The van der Waals surface area contributed by atoms with Gasteiger partial charge in [-0.2, -0.15) is 22.0 Å². The minimum absolute atomic E-state index is 0.0770. The van der Waals surface area contributed by atoms with Crippen molar-refractivity contribution in [2.24, 2.45) is 5.92 Å². The molecule has 4 aliphatic rings. The van der Waals surface area contributed by atoms with Crippen LogP contribution in [-0.2, 0) is 14.4 Å². The van der Waals surface area contributed by atoms with Crippen molar-refractivity contribution in [3.8, 4) is 11.1 Å². The van der Waals surface area contributed by atoms with Gasteiger partial charge in [0.1, 0.15) is 6.04 Å². The first kappa shape index (κ1) is 43.1. The standard InChI is InChI=1S/C41H39F3N8O4.C2HF3O2/c42-32-19-26(25-1-3-28-31-23-45-11-7-33(31)51(41(43)44)35(28)20-25)22-46-37(32)50-13-9-24(10-14-50)8-12-48-15-17-49(18-16-48)27-2-4-29-30(21-27)40(56)52(39(29)55)34-5-6-36(53)47-38(34)54;3-2(4,5)1(6)7/h1-4,7,11,19-24,34,41H,5-6,8-10,12-18H2,(H,47,53,54);(H,6,7). The number of carbonyl (C=O) groups is 5. The zero-order valence-corrected chi connectivity index (χ0v) is 33.5. The highest BCUT2D eigenvalue weighted by Gasteiger charge is 2.45. The number of imide groups is 2. The Labute approximate surface area is 355 Å². The van der Waals surface area contributed by atoms with Crippen LogP contribution in [0, 0.1) is 11.7 Å². The van der Waals surface area contributed by atoms with Crippen LogP contribution in [0.5, 0.6) is 0 Å². The number of pyridine rings is 2. The predicted molar refractivity (Wildman–Crippen MR) is 217 cm³/mol. The average molecular weight is 879 g/mol. The van der Waals surface area contributed by atoms with Crippen LogP contribution in [0.1, 0.15) is 59.4 Å². The molecule has 5 aromatic rings. The molecule has 1 unspecified atom stereocenters. The van der Waals surface area contributed by atoms with E-state index in [1.54, 1.807) is 48.8 Å². The second kappa shape index (κ2) is 17.3. The lowest BCUT2D eigenvalue weighted by molar-refractivity contribution is -0.192. The molecule has 4 aliphatic heterocycles. The van der Waals surface area contributed by atoms with Crippen molar-refractivity contribution < 1.29 is 55.4 Å². The number of amides is 4. The predicted octanol–water partition coefficient (Wildman–Crippen LogP) is 6.25. The maximum absolute atomic E-state index is 15.6. The molecule has 330 valence electrons. The molecule has 20 heteroatoms. The lowest BCUT2D eigenvalue weighted by Crippen LogP contribution is -2.54. The minimum atomic E-state index is -5.08. The van der Waals surface area contributed by atoms with Crippen LogP contribution in [0.15, 0.2) is 67.1 Å². The number of carboxylic acids is 1. The molecule has 2 aromatic carbocycles. The van der Waals surface area contributed by atoms with E-state index in [0.29, 0.717) is 57.8 Å². The number of aliphatic carboxylic acids is 1. The fourth-order valence-electron chi connectivity index (χ4n) is 8.79. The van der Waals surface area contributed by atoms with Crippen LogP contribution in [0.25, 0.3) is 32.9 Å². The van der Waals surface area contributed by atoms with Gasteiger partial charge in [0, 0.05) is 86.3 Å². The fourth-order valence-corrected chi connectivity index (χ4v) is 8.79. The summed E-state index contributed by atoms with van der Waals surface area (Å²) in [6.45, 7) is 2.81. The van der Waals surface area contributed by atoms with Crippen LogP contribution in [0.4, 0.5) is 37.8 Å². The number of anilines is 2. The van der Waals surface area contributed by atoms with Crippen molar-refractivity contribution >= 4 is 62.9 Å². The van der Waals surface area contributed by atoms with Crippen LogP contribution >= 0.6 is 0 Å². The zero-order valence-electron chi connectivity index (χ0n) is 33.5. The minimum Gasteiger partial charge on any atom is -0.475 e. The largest absolute Gasteiger partial charge is 0.490 e. The maximum atomic E-state index is 15.6. The first-order valence-electron chi connectivity index (χ1n) is 20.3. The highest BCUT2D eigenvalue weighted by atomic mass is 19.4. The van der Waals surface area contributed by atoms with Gasteiger partial charge >= 0.3 is 18.7 Å². The van der Waals surface area contributed by atoms with Gasteiger partial charge in [0.05, 0.1) is 22.2 Å². The van der Waals surface area contributed by atoms with E-state index in [-0.39, 0.29) is 24.0 Å². The van der Waals surface area contributed by atoms with Crippen molar-refractivity contribution in [2.75, 3.05) is 55.6 Å². The quantitative estimate of drug-likeness (QED) is 0.134. The summed E-state index contributed by atoms with van der Waals surface area (Å²) in [5.41, 5.74) is 3.27. The number of carbonyl (C=O) groups excluding carboxylic acids is 4. The van der Waals surface area contributed by atoms with Crippen LogP contribution in [-0.4, -0.2) is 117 Å². The van der Waals surface area contributed by atoms with Gasteiger partial charge in [-0.1, -0.05) is 12.1 Å². The maximum Gasteiger partial charge on any atom is 0.490 e. The number of carboxylic acid groups (broad SMARTS) is 1. The van der Waals surface area contributed by atoms with E-state index >= 15 is 4.39 Å². The Hall–Kier alpha value is -6.57. The summed E-state index contributed by atoms with van der Waals surface area (Å²) in [6.07, 6.45) is 2.66. The third-order valence-electron chi connectivity index (χ3n) is 12.1. The molecule has 0 spiro atoms. The van der Waals surface area contributed by atoms with Crippen LogP contribution < -0.4 is 15.1 Å². The van der Waals surface area contributed by atoms with Gasteiger partial charge in [-0.05, 0) is 80.1 Å². The molecule has 3 saturated heterocycles. The Morgan fingerprint density at radius 3 is 2.19 bits per heavy atom. The molecular weight excluding hydrogens is 839 g/mol. The number of rotatable bonds is 8. The number of nitrogens with zero attached hydrogens (tertiary/aromatic N) is 7. The van der Waals surface area contributed by atoms with E-state index in [4.69, 9.17) is 9.90 Å². The van der Waals surface area contributed by atoms with Crippen molar-refractivity contribution in [1.82, 2.24) is 29.7 Å². The lowest BCUT2D eigenvalue weighted by Gasteiger charge is -2.38. The Balaban J connectivity index is 0.000000719. The number of hydrogen-bond donors (Lipinski definition) is 2. The molecule has 2 N–H and O–H groups in total. The van der Waals surface area contributed by atoms with E-state index in [1.165, 1.54) is 12.3 Å². The average Bonchev–Trinajstić information content (AvgIpc) is 3.73. The molecule has 9 rings (SSSR count). The Kier molecular flexibility index (Phi) is 11.8. The molecule has 7 heterocycles. The number of fused-ring (bicyclic) bond motifs is 4. The van der Waals surface area contributed by atoms with E-state index in [1.807, 2.05) is 11.0 Å². The van der Waals surface area contributed by atoms with E-state index in [2.05, 4.69) is 25.1 Å². The number of piperazine rings is 1. The fraction of sp³-hybridized carbons (Fsp3) is 0.372. The van der Waals surface area contributed by atoms with Crippen LogP contribution in [0.2, 0.25) is 0 Å². The topological polar surface area (TPSA) is 161 Å². The normalized spacial score (nSPS) is 18.9. The Morgan fingerprint density at radius 2 is 1.52 bits per heavy atom. The number of piperidine rings is 2. The molecule has 14 nitrogen and oxygen atoms in total. The number of halogens is 6. The summed E-state index contributed by atoms with van der Waals surface area (Å²) >= 11 is 0. The molecule has 63 heavy (non-hydrogen) atoms. The van der Waals surface area contributed by atoms with Gasteiger partial charge in [0.25, 0.3) is 11.8 Å². The van der Waals surface area contributed by atoms with Crippen molar-refractivity contribution in [2.45, 2.75) is 50.9 Å². The van der Waals surface area contributed by atoms with Crippen LogP contribution in [0.3, 0.4) is 0 Å². The molecular formula is C43H40F6N8O6. The molecule has 3 fully saturated rings. The van der Waals surface area contributed by atoms with E-state index in [0.717, 1.165) is 67.1 Å². The Bertz CT molecular complexity index is 2620. The van der Waals surface area contributed by atoms with E-state index < -0.39 is 54.2 Å². The second-order valence-electron chi connectivity index (χ2n) is 15.8. The smallest absolute Gasteiger partial charge is 0.475 e. The zero-order chi connectivity index (χ0) is 44.7. The molecule has 0 aliphatic carbocycles. The van der Waals surface area contributed by atoms with Gasteiger partial charge in [-0.15, -0.1) is 0 Å². The number of hydrogen-bond acceptors (Lipinski definition) is 10. The van der Waals surface area contributed by atoms with Crippen molar-refractivity contribution in [3.05, 3.63) is 84.1 Å². The van der Waals surface area contributed by atoms with E-state index in [9.17, 15) is 41.1 Å². The molecule has 0 bridgehead atoms.